The molecule has 3 aromatic rings. The van der Waals surface area contributed by atoms with Gasteiger partial charge in [-0.05, 0) is 102 Å². The van der Waals surface area contributed by atoms with Crippen LogP contribution in [0.25, 0.3) is 27.5 Å². The van der Waals surface area contributed by atoms with Crippen molar-refractivity contribution in [3.8, 4) is 0 Å². The number of hydrogen-bond acceptors (Lipinski definition) is 4. The molecule has 1 saturated heterocycles. The van der Waals surface area contributed by atoms with Crippen molar-refractivity contribution in [1.82, 2.24) is 19.0 Å². The standard InChI is InChI=1S/C30H39FN4O2/c1-20(2)28(31)24(12-10-22(5)37-17-9-16-34-14-7-8-15-34)23-11-13-26-25(18-23)29-27(19-32-26)33(6)30(36)35(29)21(3)4/h10-13,18-19,21H,7-9,14-17H2,1-6H3/b22-10+,24-12-. The first-order valence-electron chi connectivity index (χ1n) is 13.3. The van der Waals surface area contributed by atoms with Crippen LogP contribution in [-0.2, 0) is 11.8 Å². The molecule has 1 aromatic carbocycles. The number of nitrogens with zero attached hydrogens (tertiary/aromatic N) is 4. The Morgan fingerprint density at radius 1 is 1.16 bits per heavy atom. The number of imidazole rings is 1. The van der Waals surface area contributed by atoms with Crippen molar-refractivity contribution in [1.29, 1.82) is 0 Å². The second kappa shape index (κ2) is 11.5. The van der Waals surface area contributed by atoms with Gasteiger partial charge in [-0.2, -0.15) is 0 Å². The van der Waals surface area contributed by atoms with Crippen LogP contribution >= 0.6 is 0 Å². The lowest BCUT2D eigenvalue weighted by atomic mass is 9.99. The van der Waals surface area contributed by atoms with Gasteiger partial charge in [-0.3, -0.25) is 14.1 Å². The lowest BCUT2D eigenvalue weighted by Gasteiger charge is -2.14. The molecule has 0 amide bonds. The fourth-order valence-electron chi connectivity index (χ4n) is 5.02. The molecule has 198 valence electrons. The van der Waals surface area contributed by atoms with Gasteiger partial charge in [0.05, 0.1) is 35.1 Å². The molecule has 7 heteroatoms. The van der Waals surface area contributed by atoms with Crippen molar-refractivity contribution >= 4 is 27.5 Å². The van der Waals surface area contributed by atoms with Gasteiger partial charge >= 0.3 is 5.69 Å². The zero-order valence-corrected chi connectivity index (χ0v) is 23.0. The Labute approximate surface area is 218 Å². The van der Waals surface area contributed by atoms with Crippen LogP contribution in [0.2, 0.25) is 0 Å². The van der Waals surface area contributed by atoms with E-state index in [4.69, 9.17) is 4.74 Å². The van der Waals surface area contributed by atoms with E-state index in [2.05, 4.69) is 9.88 Å². The molecule has 6 nitrogen and oxygen atoms in total. The number of hydrogen-bond donors (Lipinski definition) is 0. The van der Waals surface area contributed by atoms with Gasteiger partial charge < -0.3 is 9.64 Å². The average molecular weight is 507 g/mol. The summed E-state index contributed by atoms with van der Waals surface area (Å²) in [7, 11) is 1.76. The van der Waals surface area contributed by atoms with Crippen LogP contribution in [-0.4, -0.2) is 45.3 Å². The quantitative estimate of drug-likeness (QED) is 0.188. The van der Waals surface area contributed by atoms with Crippen molar-refractivity contribution in [3.63, 3.8) is 0 Å². The van der Waals surface area contributed by atoms with Crippen LogP contribution in [0.15, 0.2) is 58.5 Å². The molecule has 0 atom stereocenters. The lowest BCUT2D eigenvalue weighted by Crippen LogP contribution is -2.23. The molecule has 1 aliphatic heterocycles. The van der Waals surface area contributed by atoms with Gasteiger partial charge in [-0.25, -0.2) is 9.18 Å². The molecule has 0 spiro atoms. The summed E-state index contributed by atoms with van der Waals surface area (Å²) in [6, 6.07) is 5.69. The normalized spacial score (nSPS) is 15.4. The average Bonchev–Trinajstić information content (AvgIpc) is 3.48. The number of fused-ring (bicyclic) bond motifs is 3. The lowest BCUT2D eigenvalue weighted by molar-refractivity contribution is 0.192. The van der Waals surface area contributed by atoms with Crippen LogP contribution in [0.1, 0.15) is 65.5 Å². The smallest absolute Gasteiger partial charge is 0.329 e. The van der Waals surface area contributed by atoms with Crippen LogP contribution < -0.4 is 5.69 Å². The molecule has 0 bridgehead atoms. The van der Waals surface area contributed by atoms with E-state index in [-0.39, 0.29) is 17.6 Å². The maximum Gasteiger partial charge on any atom is 0.329 e. The van der Waals surface area contributed by atoms with Crippen LogP contribution in [0.3, 0.4) is 0 Å². The zero-order valence-electron chi connectivity index (χ0n) is 23.0. The van der Waals surface area contributed by atoms with E-state index in [1.54, 1.807) is 42.3 Å². The molecule has 4 rings (SSSR count). The number of aryl methyl sites for hydroxylation is 1. The van der Waals surface area contributed by atoms with Crippen molar-refractivity contribution < 1.29 is 9.13 Å². The van der Waals surface area contributed by atoms with Gasteiger partial charge in [0.2, 0.25) is 0 Å². The highest BCUT2D eigenvalue weighted by molar-refractivity contribution is 6.04. The highest BCUT2D eigenvalue weighted by atomic mass is 19.1. The van der Waals surface area contributed by atoms with Gasteiger partial charge in [0.25, 0.3) is 0 Å². The molecule has 0 aliphatic carbocycles. The number of pyridine rings is 1. The molecular weight excluding hydrogens is 467 g/mol. The summed E-state index contributed by atoms with van der Waals surface area (Å²) >= 11 is 0. The van der Waals surface area contributed by atoms with E-state index in [0.29, 0.717) is 17.8 Å². The van der Waals surface area contributed by atoms with E-state index in [0.717, 1.165) is 46.2 Å². The van der Waals surface area contributed by atoms with Crippen molar-refractivity contribution in [2.75, 3.05) is 26.2 Å². The molecule has 3 heterocycles. The molecule has 1 fully saturated rings. The van der Waals surface area contributed by atoms with E-state index in [9.17, 15) is 4.79 Å². The number of rotatable bonds is 9. The first-order valence-corrected chi connectivity index (χ1v) is 13.3. The Bertz CT molecular complexity index is 1430. The van der Waals surface area contributed by atoms with E-state index < -0.39 is 0 Å². The minimum absolute atomic E-state index is 0.0248. The van der Waals surface area contributed by atoms with Crippen molar-refractivity contribution in [2.45, 2.75) is 59.9 Å². The monoisotopic (exact) mass is 506 g/mol. The number of likely N-dealkylation sites (tertiary alicyclic amines) is 1. The topological polar surface area (TPSA) is 52.3 Å². The van der Waals surface area contributed by atoms with Gasteiger partial charge in [-0.15, -0.1) is 0 Å². The third kappa shape index (κ3) is 5.72. The van der Waals surface area contributed by atoms with Crippen LogP contribution in [0.5, 0.6) is 0 Å². The summed E-state index contributed by atoms with van der Waals surface area (Å²) in [6.45, 7) is 13.5. The second-order valence-corrected chi connectivity index (χ2v) is 10.5. The fraction of sp³-hybridized carbons (Fsp3) is 0.467. The first kappa shape index (κ1) is 26.9. The minimum Gasteiger partial charge on any atom is -0.498 e. The maximum absolute atomic E-state index is 15.5. The number of halogens is 1. The van der Waals surface area contributed by atoms with Gasteiger partial charge in [0.1, 0.15) is 5.83 Å². The van der Waals surface area contributed by atoms with E-state index >= 15 is 4.39 Å². The summed E-state index contributed by atoms with van der Waals surface area (Å²) in [5, 5.41) is 0.827. The summed E-state index contributed by atoms with van der Waals surface area (Å²) in [4.78, 5) is 20.0. The third-order valence-corrected chi connectivity index (χ3v) is 7.05. The predicted octanol–water partition coefficient (Wildman–Crippen LogP) is 6.52. The Morgan fingerprint density at radius 3 is 2.57 bits per heavy atom. The highest BCUT2D eigenvalue weighted by Gasteiger charge is 2.18. The Hall–Kier alpha value is -3.19. The summed E-state index contributed by atoms with van der Waals surface area (Å²) < 4.78 is 24.8. The van der Waals surface area contributed by atoms with Gasteiger partial charge in [0.15, 0.2) is 0 Å². The van der Waals surface area contributed by atoms with E-state index in [1.165, 1.54) is 25.9 Å². The molecule has 0 N–H and O–H groups in total. The number of allylic oxidation sites excluding steroid dienone is 6. The Morgan fingerprint density at radius 2 is 1.89 bits per heavy atom. The summed E-state index contributed by atoms with van der Waals surface area (Å²) in [5.74, 6) is 0.480. The summed E-state index contributed by atoms with van der Waals surface area (Å²) in [6.07, 6.45) is 8.92. The van der Waals surface area contributed by atoms with E-state index in [1.807, 2.05) is 45.0 Å². The zero-order chi connectivity index (χ0) is 26.7. The molecule has 0 unspecified atom stereocenters. The summed E-state index contributed by atoms with van der Waals surface area (Å²) in [5.41, 5.74) is 4.06. The predicted molar refractivity (Wildman–Crippen MR) is 150 cm³/mol. The second-order valence-electron chi connectivity index (χ2n) is 10.5. The molecule has 2 aromatic heterocycles. The Kier molecular flexibility index (Phi) is 8.32. The van der Waals surface area contributed by atoms with Gasteiger partial charge in [0, 0.05) is 30.6 Å². The molecular formula is C30H39FN4O2. The van der Waals surface area contributed by atoms with Crippen LogP contribution in [0, 0.1) is 0 Å². The third-order valence-electron chi connectivity index (χ3n) is 7.05. The fourth-order valence-corrected chi connectivity index (χ4v) is 5.02. The van der Waals surface area contributed by atoms with Crippen molar-refractivity contribution in [2.24, 2.45) is 7.05 Å². The highest BCUT2D eigenvalue weighted by Crippen LogP contribution is 2.32. The van der Waals surface area contributed by atoms with Crippen molar-refractivity contribution in [3.05, 3.63) is 69.8 Å². The first-order chi connectivity index (χ1) is 17.7. The molecule has 0 saturated carbocycles. The number of benzene rings is 1. The van der Waals surface area contributed by atoms with Gasteiger partial charge in [-0.1, -0.05) is 6.07 Å². The van der Waals surface area contributed by atoms with Crippen LogP contribution in [0.4, 0.5) is 4.39 Å². The number of ether oxygens (including phenoxy) is 1. The largest absolute Gasteiger partial charge is 0.498 e. The SMILES string of the molecule is CC(C)=C(F)/C(=C\C=C(/C)OCCCN1CCCC1)c1ccc2ncc3c(c2c1)n(C(C)C)c(=O)n3C. The minimum atomic E-state index is -0.271. The number of aromatic nitrogens is 3. The molecule has 0 radical (unpaired) electrons. The maximum atomic E-state index is 15.5. The molecule has 37 heavy (non-hydrogen) atoms. The molecule has 1 aliphatic rings. The Balaban J connectivity index is 1.69.